The van der Waals surface area contributed by atoms with Crippen molar-refractivity contribution in [1.82, 2.24) is 0 Å². The summed E-state index contributed by atoms with van der Waals surface area (Å²) in [4.78, 5) is 2.64. The molecule has 0 aromatic heterocycles. The van der Waals surface area contributed by atoms with Crippen molar-refractivity contribution in [2.75, 3.05) is 11.4 Å². The van der Waals surface area contributed by atoms with Gasteiger partial charge in [-0.2, -0.15) is 0 Å². The molecule has 1 fully saturated rings. The molecule has 1 atom stereocenters. The molecule has 1 unspecified atom stereocenters. The van der Waals surface area contributed by atoms with E-state index in [2.05, 4.69) is 30.0 Å². The van der Waals surface area contributed by atoms with E-state index >= 15 is 0 Å². The van der Waals surface area contributed by atoms with Crippen LogP contribution in [0.1, 0.15) is 49.8 Å². The summed E-state index contributed by atoms with van der Waals surface area (Å²) in [7, 11) is 0. The largest absolute Gasteiger partial charge is 0.368 e. The van der Waals surface area contributed by atoms with Crippen LogP contribution in [0.5, 0.6) is 0 Å². The standard InChI is InChI=1S/C15H22N2/c1-11(16)14-8-4-5-12-9-10-17(15(12)14)13-6-2-3-7-13/h4-5,8,11,13H,2-3,6-7,9-10,16H2,1H3. The van der Waals surface area contributed by atoms with Crippen molar-refractivity contribution in [3.8, 4) is 0 Å². The molecule has 2 nitrogen and oxygen atoms in total. The van der Waals surface area contributed by atoms with Crippen molar-refractivity contribution < 1.29 is 0 Å². The third-order valence-electron chi connectivity index (χ3n) is 4.32. The molecule has 0 bridgehead atoms. The van der Waals surface area contributed by atoms with Crippen LogP contribution >= 0.6 is 0 Å². The average molecular weight is 230 g/mol. The highest BCUT2D eigenvalue weighted by Gasteiger charge is 2.30. The summed E-state index contributed by atoms with van der Waals surface area (Å²) < 4.78 is 0. The fraction of sp³-hybridized carbons (Fsp3) is 0.600. The van der Waals surface area contributed by atoms with Crippen LogP contribution in [0, 0.1) is 0 Å². The van der Waals surface area contributed by atoms with Gasteiger partial charge in [0, 0.05) is 24.3 Å². The minimum Gasteiger partial charge on any atom is -0.368 e. The molecular weight excluding hydrogens is 208 g/mol. The molecule has 3 rings (SSSR count). The van der Waals surface area contributed by atoms with E-state index in [-0.39, 0.29) is 6.04 Å². The first-order chi connectivity index (χ1) is 8.27. The summed E-state index contributed by atoms with van der Waals surface area (Å²) in [5.74, 6) is 0. The number of nitrogens with zero attached hydrogens (tertiary/aromatic N) is 1. The number of benzene rings is 1. The first-order valence-corrected chi connectivity index (χ1v) is 6.91. The lowest BCUT2D eigenvalue weighted by Gasteiger charge is -2.29. The molecule has 1 aliphatic heterocycles. The van der Waals surface area contributed by atoms with Gasteiger partial charge in [0.2, 0.25) is 0 Å². The van der Waals surface area contributed by atoms with E-state index in [1.54, 1.807) is 0 Å². The lowest BCUT2D eigenvalue weighted by atomic mass is 10.0. The van der Waals surface area contributed by atoms with E-state index in [1.807, 2.05) is 0 Å². The van der Waals surface area contributed by atoms with Gasteiger partial charge in [-0.15, -0.1) is 0 Å². The van der Waals surface area contributed by atoms with Gasteiger partial charge in [0.1, 0.15) is 0 Å². The van der Waals surface area contributed by atoms with Crippen molar-refractivity contribution >= 4 is 5.69 Å². The van der Waals surface area contributed by atoms with Gasteiger partial charge in [-0.1, -0.05) is 31.0 Å². The van der Waals surface area contributed by atoms with Crippen molar-refractivity contribution in [3.05, 3.63) is 29.3 Å². The summed E-state index contributed by atoms with van der Waals surface area (Å²) >= 11 is 0. The van der Waals surface area contributed by atoms with Crippen molar-refractivity contribution in [2.45, 2.75) is 51.1 Å². The molecule has 2 N–H and O–H groups in total. The Morgan fingerprint density at radius 1 is 1.29 bits per heavy atom. The zero-order chi connectivity index (χ0) is 11.8. The van der Waals surface area contributed by atoms with Gasteiger partial charge in [0.15, 0.2) is 0 Å². The van der Waals surface area contributed by atoms with Gasteiger partial charge >= 0.3 is 0 Å². The fourth-order valence-electron chi connectivity index (χ4n) is 3.46. The molecule has 0 saturated heterocycles. The summed E-state index contributed by atoms with van der Waals surface area (Å²) in [6, 6.07) is 7.56. The third kappa shape index (κ3) is 1.85. The van der Waals surface area contributed by atoms with Crippen LogP contribution in [0.2, 0.25) is 0 Å². The first-order valence-electron chi connectivity index (χ1n) is 6.91. The van der Waals surface area contributed by atoms with Crippen LogP contribution in [0.15, 0.2) is 18.2 Å². The minimum absolute atomic E-state index is 0.145. The maximum atomic E-state index is 6.12. The molecule has 0 radical (unpaired) electrons. The molecule has 2 heteroatoms. The zero-order valence-corrected chi connectivity index (χ0v) is 10.7. The lowest BCUT2D eigenvalue weighted by molar-refractivity contribution is 0.621. The van der Waals surface area contributed by atoms with E-state index in [0.29, 0.717) is 0 Å². The number of hydrogen-bond donors (Lipinski definition) is 1. The van der Waals surface area contributed by atoms with Gasteiger partial charge in [-0.05, 0) is 37.3 Å². The van der Waals surface area contributed by atoms with E-state index in [9.17, 15) is 0 Å². The SMILES string of the molecule is CC(N)c1cccc2c1N(C1CCCC1)CC2. The Bertz CT molecular complexity index is 405. The third-order valence-corrected chi connectivity index (χ3v) is 4.32. The molecule has 1 heterocycles. The molecule has 1 aromatic rings. The van der Waals surface area contributed by atoms with Gasteiger partial charge < -0.3 is 10.6 Å². The normalized spacial score (nSPS) is 21.9. The van der Waals surface area contributed by atoms with Crippen LogP contribution in [0.3, 0.4) is 0 Å². The number of para-hydroxylation sites is 1. The van der Waals surface area contributed by atoms with Crippen LogP contribution in [-0.4, -0.2) is 12.6 Å². The highest BCUT2D eigenvalue weighted by atomic mass is 15.2. The second-order valence-corrected chi connectivity index (χ2v) is 5.53. The van der Waals surface area contributed by atoms with Gasteiger partial charge in [0.25, 0.3) is 0 Å². The summed E-state index contributed by atoms with van der Waals surface area (Å²) in [5.41, 5.74) is 10.4. The maximum absolute atomic E-state index is 6.12. The number of hydrogen-bond acceptors (Lipinski definition) is 2. The minimum atomic E-state index is 0.145. The van der Waals surface area contributed by atoms with Gasteiger partial charge in [-0.25, -0.2) is 0 Å². The van der Waals surface area contributed by atoms with Crippen molar-refractivity contribution in [3.63, 3.8) is 0 Å². The monoisotopic (exact) mass is 230 g/mol. The quantitative estimate of drug-likeness (QED) is 0.846. The Labute approximate surface area is 104 Å². The van der Waals surface area contributed by atoms with E-state index in [1.165, 1.54) is 55.5 Å². The van der Waals surface area contributed by atoms with Crippen molar-refractivity contribution in [1.29, 1.82) is 0 Å². The summed E-state index contributed by atoms with van der Waals surface area (Å²) in [6.45, 7) is 3.30. The Hall–Kier alpha value is -1.02. The molecule has 1 aromatic carbocycles. The lowest BCUT2D eigenvalue weighted by Crippen LogP contribution is -2.32. The Kier molecular flexibility index (Phi) is 2.83. The Morgan fingerprint density at radius 3 is 2.76 bits per heavy atom. The maximum Gasteiger partial charge on any atom is 0.0450 e. The van der Waals surface area contributed by atoms with E-state index in [0.717, 1.165) is 6.04 Å². The molecule has 2 aliphatic rings. The Morgan fingerprint density at radius 2 is 2.06 bits per heavy atom. The van der Waals surface area contributed by atoms with E-state index < -0.39 is 0 Å². The smallest absolute Gasteiger partial charge is 0.0450 e. The predicted octanol–water partition coefficient (Wildman–Crippen LogP) is 3.01. The molecular formula is C15H22N2. The number of anilines is 1. The Balaban J connectivity index is 1.99. The fourth-order valence-corrected chi connectivity index (χ4v) is 3.46. The molecule has 92 valence electrons. The molecule has 0 amide bonds. The topological polar surface area (TPSA) is 29.3 Å². The van der Waals surface area contributed by atoms with Crippen LogP contribution in [0.4, 0.5) is 5.69 Å². The number of fused-ring (bicyclic) bond motifs is 1. The van der Waals surface area contributed by atoms with Gasteiger partial charge in [0.05, 0.1) is 0 Å². The number of nitrogens with two attached hydrogens (primary N) is 1. The van der Waals surface area contributed by atoms with Crippen LogP contribution in [-0.2, 0) is 6.42 Å². The van der Waals surface area contributed by atoms with Crippen molar-refractivity contribution in [2.24, 2.45) is 5.73 Å². The first kappa shape index (κ1) is 11.1. The molecule has 0 spiro atoms. The molecule has 17 heavy (non-hydrogen) atoms. The highest BCUT2D eigenvalue weighted by molar-refractivity contribution is 5.65. The molecule has 1 aliphatic carbocycles. The predicted molar refractivity (Wildman–Crippen MR) is 72.4 cm³/mol. The second kappa shape index (κ2) is 4.34. The van der Waals surface area contributed by atoms with Crippen LogP contribution in [0.25, 0.3) is 0 Å². The summed E-state index contributed by atoms with van der Waals surface area (Å²) in [5, 5.41) is 0. The number of rotatable bonds is 2. The zero-order valence-electron chi connectivity index (χ0n) is 10.7. The van der Waals surface area contributed by atoms with Gasteiger partial charge in [-0.3, -0.25) is 0 Å². The highest BCUT2D eigenvalue weighted by Crippen LogP contribution is 2.39. The second-order valence-electron chi connectivity index (χ2n) is 5.53. The average Bonchev–Trinajstić information content (AvgIpc) is 2.96. The van der Waals surface area contributed by atoms with E-state index in [4.69, 9.17) is 5.73 Å². The summed E-state index contributed by atoms with van der Waals surface area (Å²) in [6.07, 6.45) is 6.74. The molecule has 1 saturated carbocycles. The van der Waals surface area contributed by atoms with Crippen LogP contribution < -0.4 is 10.6 Å².